The highest BCUT2D eigenvalue weighted by molar-refractivity contribution is 6.00. The second kappa shape index (κ2) is 8.82. The largest absolute Gasteiger partial charge is 0.508 e. The maximum atomic E-state index is 9.96. The van der Waals surface area contributed by atoms with Crippen molar-refractivity contribution in [1.29, 1.82) is 0 Å². The molecule has 0 bridgehead atoms. The summed E-state index contributed by atoms with van der Waals surface area (Å²) in [5, 5.41) is 10.8. The predicted octanol–water partition coefficient (Wildman–Crippen LogP) is 2.36. The van der Waals surface area contributed by atoms with Crippen molar-refractivity contribution in [3.05, 3.63) is 36.8 Å². The zero-order valence-electron chi connectivity index (χ0n) is 17.8. The van der Waals surface area contributed by atoms with Gasteiger partial charge in [-0.15, -0.1) is 0 Å². The first-order valence-corrected chi connectivity index (χ1v) is 11.1. The summed E-state index contributed by atoms with van der Waals surface area (Å²) in [4.78, 5) is 13.9. The van der Waals surface area contributed by atoms with E-state index in [9.17, 15) is 5.11 Å². The van der Waals surface area contributed by atoms with Crippen LogP contribution in [0.4, 0.5) is 5.82 Å². The quantitative estimate of drug-likeness (QED) is 0.652. The zero-order chi connectivity index (χ0) is 21.2. The van der Waals surface area contributed by atoms with Gasteiger partial charge in [0, 0.05) is 57.1 Å². The van der Waals surface area contributed by atoms with Crippen LogP contribution in [0, 0.1) is 0 Å². The number of anilines is 1. The number of likely N-dealkylation sites (tertiary alicyclic amines) is 1. The molecular weight excluding hydrogens is 392 g/mol. The number of benzene rings is 1. The van der Waals surface area contributed by atoms with Crippen LogP contribution in [0.2, 0.25) is 0 Å². The number of phenols is 1. The van der Waals surface area contributed by atoms with Gasteiger partial charge >= 0.3 is 0 Å². The topological polar surface area (TPSA) is 92.7 Å². The third-order valence-electron chi connectivity index (χ3n) is 6.58. The van der Waals surface area contributed by atoms with Crippen molar-refractivity contribution < 1.29 is 9.84 Å². The van der Waals surface area contributed by atoms with E-state index in [0.717, 1.165) is 87.5 Å². The summed E-state index contributed by atoms with van der Waals surface area (Å²) >= 11 is 0. The Kier molecular flexibility index (Phi) is 5.76. The summed E-state index contributed by atoms with van der Waals surface area (Å²) in [6, 6.07) is 7.65. The lowest BCUT2D eigenvalue weighted by Crippen LogP contribution is -2.43. The van der Waals surface area contributed by atoms with Crippen LogP contribution in [-0.2, 0) is 4.74 Å². The van der Waals surface area contributed by atoms with Gasteiger partial charge in [0.25, 0.3) is 0 Å². The number of ether oxygens (including phenoxy) is 1. The second-order valence-electron chi connectivity index (χ2n) is 8.48. The van der Waals surface area contributed by atoms with Gasteiger partial charge in [0.15, 0.2) is 0 Å². The molecule has 31 heavy (non-hydrogen) atoms. The molecule has 8 nitrogen and oxygen atoms in total. The molecular formula is C23H30N6O2. The standard InChI is InChI=1S/C23H30N6O2/c24-22-21-20(17-2-1-3-19(30)14-17)15-29(23(21)26-16-25-22)18-4-6-27(7-5-18)8-9-28-10-12-31-13-11-28/h1-3,14-16,18,30H,4-13H2,(H2,24,25,26). The molecule has 5 rings (SSSR count). The molecule has 4 heterocycles. The molecule has 0 atom stereocenters. The maximum absolute atomic E-state index is 9.96. The molecule has 3 N–H and O–H groups in total. The number of hydrogen-bond acceptors (Lipinski definition) is 7. The van der Waals surface area contributed by atoms with E-state index < -0.39 is 0 Å². The highest BCUT2D eigenvalue weighted by Crippen LogP contribution is 2.37. The fourth-order valence-corrected chi connectivity index (χ4v) is 4.81. The fraction of sp³-hybridized carbons (Fsp3) is 0.478. The maximum Gasteiger partial charge on any atom is 0.146 e. The third-order valence-corrected chi connectivity index (χ3v) is 6.58. The number of aromatic nitrogens is 3. The Balaban J connectivity index is 1.33. The van der Waals surface area contributed by atoms with E-state index in [1.54, 1.807) is 12.1 Å². The van der Waals surface area contributed by atoms with Gasteiger partial charge in [-0.3, -0.25) is 4.90 Å². The van der Waals surface area contributed by atoms with Gasteiger partial charge in [0.1, 0.15) is 23.5 Å². The SMILES string of the molecule is Nc1ncnc2c1c(-c1cccc(O)c1)cn2C1CCN(CCN2CCOCC2)CC1. The van der Waals surface area contributed by atoms with Crippen LogP contribution < -0.4 is 5.73 Å². The molecule has 0 amide bonds. The number of hydrogen-bond donors (Lipinski definition) is 2. The summed E-state index contributed by atoms with van der Waals surface area (Å²) in [6.45, 7) is 8.20. The molecule has 2 saturated heterocycles. The van der Waals surface area contributed by atoms with Crippen LogP contribution >= 0.6 is 0 Å². The molecule has 0 spiro atoms. The summed E-state index contributed by atoms with van der Waals surface area (Å²) in [5.41, 5.74) is 9.03. The number of phenolic OH excluding ortho intramolecular Hbond substituents is 1. The zero-order valence-corrected chi connectivity index (χ0v) is 17.8. The van der Waals surface area contributed by atoms with Gasteiger partial charge in [-0.25, -0.2) is 9.97 Å². The van der Waals surface area contributed by atoms with E-state index in [4.69, 9.17) is 10.5 Å². The summed E-state index contributed by atoms with van der Waals surface area (Å²) < 4.78 is 7.72. The smallest absolute Gasteiger partial charge is 0.146 e. The van der Waals surface area contributed by atoms with Crippen LogP contribution in [0.25, 0.3) is 22.2 Å². The average molecular weight is 423 g/mol. The number of nitrogen functional groups attached to an aromatic ring is 1. The minimum Gasteiger partial charge on any atom is -0.508 e. The first-order chi connectivity index (χ1) is 15.2. The Morgan fingerprint density at radius 3 is 2.52 bits per heavy atom. The van der Waals surface area contributed by atoms with Crippen molar-refractivity contribution in [2.75, 3.05) is 58.2 Å². The number of nitrogens with zero attached hydrogens (tertiary/aromatic N) is 5. The molecule has 0 aliphatic carbocycles. The van der Waals surface area contributed by atoms with E-state index in [2.05, 4.69) is 30.5 Å². The summed E-state index contributed by atoms with van der Waals surface area (Å²) in [7, 11) is 0. The van der Waals surface area contributed by atoms with Gasteiger partial charge in [-0.1, -0.05) is 12.1 Å². The highest BCUT2D eigenvalue weighted by atomic mass is 16.5. The van der Waals surface area contributed by atoms with Gasteiger partial charge in [-0.2, -0.15) is 0 Å². The van der Waals surface area contributed by atoms with E-state index in [1.165, 1.54) is 6.33 Å². The second-order valence-corrected chi connectivity index (χ2v) is 8.48. The molecule has 0 radical (unpaired) electrons. The van der Waals surface area contributed by atoms with E-state index in [-0.39, 0.29) is 5.75 Å². The molecule has 3 aromatic rings. The van der Waals surface area contributed by atoms with Crippen molar-refractivity contribution in [1.82, 2.24) is 24.3 Å². The van der Waals surface area contributed by atoms with Crippen LogP contribution in [0.5, 0.6) is 5.75 Å². The molecule has 2 aliphatic rings. The van der Waals surface area contributed by atoms with Gasteiger partial charge in [0.2, 0.25) is 0 Å². The molecule has 0 unspecified atom stereocenters. The van der Waals surface area contributed by atoms with Crippen molar-refractivity contribution in [3.8, 4) is 16.9 Å². The Morgan fingerprint density at radius 1 is 1.03 bits per heavy atom. The van der Waals surface area contributed by atoms with Crippen molar-refractivity contribution in [2.45, 2.75) is 18.9 Å². The Hall–Kier alpha value is -2.68. The first kappa shape index (κ1) is 20.2. The number of rotatable bonds is 5. The van der Waals surface area contributed by atoms with Gasteiger partial charge < -0.3 is 25.0 Å². The number of morpholine rings is 1. The Labute approximate surface area is 182 Å². The van der Waals surface area contributed by atoms with Crippen LogP contribution in [0.3, 0.4) is 0 Å². The van der Waals surface area contributed by atoms with Crippen LogP contribution in [0.15, 0.2) is 36.8 Å². The number of nitrogens with two attached hydrogens (primary N) is 1. The van der Waals surface area contributed by atoms with Crippen molar-refractivity contribution >= 4 is 16.9 Å². The molecule has 8 heteroatoms. The van der Waals surface area contributed by atoms with Crippen LogP contribution in [-0.4, -0.2) is 81.9 Å². The third kappa shape index (κ3) is 4.23. The lowest BCUT2D eigenvalue weighted by Gasteiger charge is -2.35. The predicted molar refractivity (Wildman–Crippen MR) is 121 cm³/mol. The van der Waals surface area contributed by atoms with Crippen molar-refractivity contribution in [3.63, 3.8) is 0 Å². The molecule has 0 saturated carbocycles. The highest BCUT2D eigenvalue weighted by Gasteiger charge is 2.25. The van der Waals surface area contributed by atoms with E-state index in [1.807, 2.05) is 12.1 Å². The average Bonchev–Trinajstić information content (AvgIpc) is 3.20. The number of fused-ring (bicyclic) bond motifs is 1. The molecule has 164 valence electrons. The molecule has 2 aliphatic heterocycles. The number of piperidine rings is 1. The summed E-state index contributed by atoms with van der Waals surface area (Å²) in [5.74, 6) is 0.715. The normalized spacial score (nSPS) is 19.2. The van der Waals surface area contributed by atoms with E-state index in [0.29, 0.717) is 11.9 Å². The Bertz CT molecular complexity index is 1040. The first-order valence-electron chi connectivity index (χ1n) is 11.1. The summed E-state index contributed by atoms with van der Waals surface area (Å²) in [6.07, 6.45) is 5.84. The van der Waals surface area contributed by atoms with Crippen molar-refractivity contribution in [2.24, 2.45) is 0 Å². The monoisotopic (exact) mass is 422 g/mol. The Morgan fingerprint density at radius 2 is 1.77 bits per heavy atom. The molecule has 1 aromatic carbocycles. The number of aromatic hydroxyl groups is 1. The lowest BCUT2D eigenvalue weighted by atomic mass is 10.0. The molecule has 2 aromatic heterocycles. The minimum atomic E-state index is 0.238. The fourth-order valence-electron chi connectivity index (χ4n) is 4.81. The van der Waals surface area contributed by atoms with Gasteiger partial charge in [-0.05, 0) is 30.5 Å². The van der Waals surface area contributed by atoms with Gasteiger partial charge in [0.05, 0.1) is 18.6 Å². The molecule has 2 fully saturated rings. The van der Waals surface area contributed by atoms with E-state index >= 15 is 0 Å². The lowest BCUT2D eigenvalue weighted by molar-refractivity contribution is 0.0316. The minimum absolute atomic E-state index is 0.238. The van der Waals surface area contributed by atoms with Crippen LogP contribution in [0.1, 0.15) is 18.9 Å².